The summed E-state index contributed by atoms with van der Waals surface area (Å²) >= 11 is 5.90. The van der Waals surface area contributed by atoms with Crippen LogP contribution in [0, 0.1) is 0 Å². The summed E-state index contributed by atoms with van der Waals surface area (Å²) in [5, 5.41) is 15.1. The summed E-state index contributed by atoms with van der Waals surface area (Å²) in [5.41, 5.74) is 1.76. The molecule has 5 nitrogen and oxygen atoms in total. The van der Waals surface area contributed by atoms with E-state index in [4.69, 9.17) is 11.6 Å². The van der Waals surface area contributed by atoms with Gasteiger partial charge in [-0.05, 0) is 24.6 Å². The number of hydroxylamine groups is 1. The lowest BCUT2D eigenvalue weighted by Gasteiger charge is -2.26. The first-order valence-corrected chi connectivity index (χ1v) is 5.41. The number of hydrogen-bond donors (Lipinski definition) is 2. The number of benzene rings is 1. The van der Waals surface area contributed by atoms with E-state index < -0.39 is 5.54 Å². The second-order valence-corrected chi connectivity index (χ2v) is 4.32. The standard InChI is InChI=1S/C11H12ClN3O2/c1-7-11(14-17,10(16)15(2)13-7)8-4-3-5-9(12)6-8/h3-6,14,17H,1-2H3. The molecule has 1 aromatic rings. The van der Waals surface area contributed by atoms with Crippen LogP contribution in [0.25, 0.3) is 0 Å². The van der Waals surface area contributed by atoms with Crippen molar-refractivity contribution in [2.24, 2.45) is 5.10 Å². The summed E-state index contributed by atoms with van der Waals surface area (Å²) in [6.45, 7) is 1.67. The molecular formula is C11H12ClN3O2. The molecule has 1 aliphatic rings. The summed E-state index contributed by atoms with van der Waals surface area (Å²) in [6, 6.07) is 6.76. The summed E-state index contributed by atoms with van der Waals surface area (Å²) in [4.78, 5) is 12.1. The highest BCUT2D eigenvalue weighted by atomic mass is 35.5. The molecule has 0 aliphatic carbocycles. The van der Waals surface area contributed by atoms with Crippen LogP contribution in [0.2, 0.25) is 5.02 Å². The predicted molar refractivity (Wildman–Crippen MR) is 63.9 cm³/mol. The Labute approximate surface area is 104 Å². The molecule has 6 heteroatoms. The van der Waals surface area contributed by atoms with Gasteiger partial charge in [-0.1, -0.05) is 23.7 Å². The lowest BCUT2D eigenvalue weighted by Crippen LogP contribution is -2.52. The normalized spacial score (nSPS) is 24.1. The van der Waals surface area contributed by atoms with Crippen molar-refractivity contribution in [1.82, 2.24) is 10.5 Å². The second kappa shape index (κ2) is 4.10. The van der Waals surface area contributed by atoms with Gasteiger partial charge in [0.15, 0.2) is 5.54 Å². The van der Waals surface area contributed by atoms with Crippen LogP contribution < -0.4 is 5.48 Å². The average Bonchev–Trinajstić information content (AvgIpc) is 2.51. The maximum Gasteiger partial charge on any atom is 0.275 e. The lowest BCUT2D eigenvalue weighted by molar-refractivity contribution is -0.136. The Kier molecular flexibility index (Phi) is 2.91. The Morgan fingerprint density at radius 3 is 2.71 bits per heavy atom. The molecule has 0 aromatic heterocycles. The molecule has 17 heavy (non-hydrogen) atoms. The van der Waals surface area contributed by atoms with E-state index in [0.717, 1.165) is 0 Å². The first kappa shape index (κ1) is 12.0. The molecule has 1 aliphatic heterocycles. The van der Waals surface area contributed by atoms with Gasteiger partial charge in [0.05, 0.1) is 5.71 Å². The first-order valence-electron chi connectivity index (χ1n) is 5.03. The van der Waals surface area contributed by atoms with Gasteiger partial charge in [0, 0.05) is 12.1 Å². The van der Waals surface area contributed by atoms with Gasteiger partial charge in [-0.25, -0.2) is 5.01 Å². The molecule has 0 fully saturated rings. The summed E-state index contributed by atoms with van der Waals surface area (Å²) in [6.07, 6.45) is 0. The number of halogens is 1. The highest BCUT2D eigenvalue weighted by molar-refractivity contribution is 6.30. The smallest absolute Gasteiger partial charge is 0.275 e. The second-order valence-electron chi connectivity index (χ2n) is 3.89. The number of hydrazone groups is 1. The van der Waals surface area contributed by atoms with Crippen molar-refractivity contribution >= 4 is 23.2 Å². The van der Waals surface area contributed by atoms with Gasteiger partial charge in [-0.3, -0.25) is 4.79 Å². The zero-order valence-corrected chi connectivity index (χ0v) is 10.2. The number of nitrogens with one attached hydrogen (secondary N) is 1. The topological polar surface area (TPSA) is 64.9 Å². The van der Waals surface area contributed by atoms with Gasteiger partial charge in [0.1, 0.15) is 0 Å². The molecule has 1 aromatic carbocycles. The highest BCUT2D eigenvalue weighted by Gasteiger charge is 2.49. The number of nitrogens with zero attached hydrogens (tertiary/aromatic N) is 2. The number of amides is 1. The fourth-order valence-corrected chi connectivity index (χ4v) is 2.18. The minimum Gasteiger partial charge on any atom is -0.315 e. The van der Waals surface area contributed by atoms with Crippen LogP contribution in [0.4, 0.5) is 0 Å². The van der Waals surface area contributed by atoms with E-state index in [1.165, 1.54) is 12.1 Å². The third-order valence-electron chi connectivity index (χ3n) is 2.88. The largest absolute Gasteiger partial charge is 0.315 e. The van der Waals surface area contributed by atoms with Crippen LogP contribution in [0.1, 0.15) is 12.5 Å². The van der Waals surface area contributed by atoms with E-state index in [1.54, 1.807) is 31.2 Å². The quantitative estimate of drug-likeness (QED) is 0.783. The third-order valence-corrected chi connectivity index (χ3v) is 3.12. The molecule has 1 heterocycles. The van der Waals surface area contributed by atoms with Crippen molar-refractivity contribution in [3.8, 4) is 0 Å². The zero-order chi connectivity index (χ0) is 12.6. The molecule has 2 N–H and O–H groups in total. The number of rotatable bonds is 2. The number of carbonyl (C=O) groups excluding carboxylic acids is 1. The van der Waals surface area contributed by atoms with E-state index in [2.05, 4.69) is 10.6 Å². The Balaban J connectivity index is 2.60. The zero-order valence-electron chi connectivity index (χ0n) is 9.44. The van der Waals surface area contributed by atoms with Crippen LogP contribution in [0.3, 0.4) is 0 Å². The van der Waals surface area contributed by atoms with Crippen molar-refractivity contribution < 1.29 is 10.0 Å². The van der Waals surface area contributed by atoms with Gasteiger partial charge < -0.3 is 5.21 Å². The van der Waals surface area contributed by atoms with E-state index in [-0.39, 0.29) is 5.91 Å². The van der Waals surface area contributed by atoms with Crippen LogP contribution in [-0.4, -0.2) is 28.9 Å². The number of carbonyl (C=O) groups is 1. The Hall–Kier alpha value is -1.43. The van der Waals surface area contributed by atoms with Crippen molar-refractivity contribution in [2.45, 2.75) is 12.5 Å². The molecule has 0 saturated heterocycles. The van der Waals surface area contributed by atoms with Crippen LogP contribution in [-0.2, 0) is 10.3 Å². The minimum atomic E-state index is -1.33. The molecule has 0 radical (unpaired) electrons. The average molecular weight is 254 g/mol. The molecule has 90 valence electrons. The molecule has 0 spiro atoms. The fraction of sp³-hybridized carbons (Fsp3) is 0.273. The first-order chi connectivity index (χ1) is 8.02. The van der Waals surface area contributed by atoms with E-state index >= 15 is 0 Å². The molecule has 0 bridgehead atoms. The van der Waals surface area contributed by atoms with Crippen molar-refractivity contribution in [3.05, 3.63) is 34.9 Å². The van der Waals surface area contributed by atoms with Crippen LogP contribution in [0.5, 0.6) is 0 Å². The summed E-state index contributed by atoms with van der Waals surface area (Å²) < 4.78 is 0. The monoisotopic (exact) mass is 253 g/mol. The van der Waals surface area contributed by atoms with E-state index in [9.17, 15) is 10.0 Å². The number of likely N-dealkylation sites (N-methyl/N-ethyl adjacent to an activating group) is 1. The predicted octanol–water partition coefficient (Wildman–Crippen LogP) is 1.36. The van der Waals surface area contributed by atoms with Gasteiger partial charge >= 0.3 is 0 Å². The lowest BCUT2D eigenvalue weighted by atomic mass is 9.86. The fourth-order valence-electron chi connectivity index (χ4n) is 1.99. The molecule has 1 unspecified atom stereocenters. The SMILES string of the molecule is CC1=NN(C)C(=O)C1(NO)c1cccc(Cl)c1. The Bertz CT molecular complexity index is 503. The third kappa shape index (κ3) is 1.63. The Morgan fingerprint density at radius 1 is 1.53 bits per heavy atom. The Morgan fingerprint density at radius 2 is 2.24 bits per heavy atom. The van der Waals surface area contributed by atoms with E-state index in [1.807, 2.05) is 0 Å². The van der Waals surface area contributed by atoms with Crippen molar-refractivity contribution in [2.75, 3.05) is 7.05 Å². The molecule has 0 saturated carbocycles. The van der Waals surface area contributed by atoms with Gasteiger partial charge in [-0.2, -0.15) is 10.6 Å². The van der Waals surface area contributed by atoms with Crippen LogP contribution >= 0.6 is 11.6 Å². The summed E-state index contributed by atoms with van der Waals surface area (Å²) in [5.74, 6) is -0.347. The molecule has 1 amide bonds. The molecule has 2 rings (SSSR count). The maximum absolute atomic E-state index is 12.1. The van der Waals surface area contributed by atoms with Gasteiger partial charge in [0.2, 0.25) is 0 Å². The van der Waals surface area contributed by atoms with Crippen molar-refractivity contribution in [3.63, 3.8) is 0 Å². The number of hydrogen-bond acceptors (Lipinski definition) is 4. The minimum absolute atomic E-state index is 0.347. The highest BCUT2D eigenvalue weighted by Crippen LogP contribution is 2.31. The van der Waals surface area contributed by atoms with Gasteiger partial charge in [0.25, 0.3) is 5.91 Å². The maximum atomic E-state index is 12.1. The molecular weight excluding hydrogens is 242 g/mol. The van der Waals surface area contributed by atoms with Gasteiger partial charge in [-0.15, -0.1) is 0 Å². The molecule has 1 atom stereocenters. The van der Waals surface area contributed by atoms with Crippen molar-refractivity contribution in [1.29, 1.82) is 0 Å². The van der Waals surface area contributed by atoms with E-state index in [0.29, 0.717) is 16.3 Å². The van der Waals surface area contributed by atoms with Crippen LogP contribution in [0.15, 0.2) is 29.4 Å². The summed E-state index contributed by atoms with van der Waals surface area (Å²) in [7, 11) is 1.54.